The van der Waals surface area contributed by atoms with E-state index in [2.05, 4.69) is 15.2 Å². The standard InChI is InChI=1S/C12H16F3N3S/c13-12(14,15)11-16-5-10(19-11)7-18-4-3-8-1-2-9(6-18)17-8/h5,8-9,17H,1-4,6-7H2. The summed E-state index contributed by atoms with van der Waals surface area (Å²) in [4.78, 5) is 6.42. The van der Waals surface area contributed by atoms with E-state index < -0.39 is 11.2 Å². The van der Waals surface area contributed by atoms with E-state index >= 15 is 0 Å². The lowest BCUT2D eigenvalue weighted by molar-refractivity contribution is -0.137. The Bertz CT molecular complexity index is 446. The topological polar surface area (TPSA) is 28.2 Å². The zero-order valence-corrected chi connectivity index (χ0v) is 11.2. The van der Waals surface area contributed by atoms with Crippen molar-refractivity contribution in [2.24, 2.45) is 0 Å². The Kier molecular flexibility index (Phi) is 3.53. The molecule has 19 heavy (non-hydrogen) atoms. The van der Waals surface area contributed by atoms with E-state index in [1.807, 2.05) is 0 Å². The molecule has 0 spiro atoms. The van der Waals surface area contributed by atoms with Crippen molar-refractivity contribution in [1.29, 1.82) is 0 Å². The Hall–Kier alpha value is -0.660. The van der Waals surface area contributed by atoms with E-state index in [1.165, 1.54) is 19.0 Å². The summed E-state index contributed by atoms with van der Waals surface area (Å²) in [6.07, 6.45) is 0.544. The van der Waals surface area contributed by atoms with Crippen molar-refractivity contribution < 1.29 is 13.2 Å². The number of nitrogens with one attached hydrogen (secondary N) is 1. The lowest BCUT2D eigenvalue weighted by Crippen LogP contribution is -2.34. The number of hydrogen-bond donors (Lipinski definition) is 1. The molecule has 0 saturated carbocycles. The highest BCUT2D eigenvalue weighted by Crippen LogP contribution is 2.33. The molecule has 1 N–H and O–H groups in total. The van der Waals surface area contributed by atoms with Crippen LogP contribution in [0.4, 0.5) is 13.2 Å². The number of nitrogens with zero attached hydrogens (tertiary/aromatic N) is 2. The average Bonchev–Trinajstić information content (AvgIpc) is 2.88. The van der Waals surface area contributed by atoms with Crippen LogP contribution < -0.4 is 5.32 Å². The Morgan fingerprint density at radius 1 is 1.32 bits per heavy atom. The number of alkyl halides is 3. The van der Waals surface area contributed by atoms with Gasteiger partial charge in [0, 0.05) is 42.8 Å². The van der Waals surface area contributed by atoms with Crippen molar-refractivity contribution in [3.8, 4) is 0 Å². The fraction of sp³-hybridized carbons (Fsp3) is 0.750. The van der Waals surface area contributed by atoms with Gasteiger partial charge in [-0.3, -0.25) is 4.90 Å². The van der Waals surface area contributed by atoms with Crippen LogP contribution in [0, 0.1) is 0 Å². The Balaban J connectivity index is 1.63. The Labute approximate surface area is 113 Å². The maximum Gasteiger partial charge on any atom is 0.443 e. The summed E-state index contributed by atoms with van der Waals surface area (Å²) < 4.78 is 37.5. The van der Waals surface area contributed by atoms with Gasteiger partial charge in [-0.25, -0.2) is 4.98 Å². The highest BCUT2D eigenvalue weighted by Gasteiger charge is 2.35. The maximum absolute atomic E-state index is 12.5. The van der Waals surface area contributed by atoms with E-state index in [-0.39, 0.29) is 0 Å². The zero-order valence-electron chi connectivity index (χ0n) is 10.4. The number of halogens is 3. The van der Waals surface area contributed by atoms with E-state index in [4.69, 9.17) is 0 Å². The molecule has 3 rings (SSSR count). The second-order valence-electron chi connectivity index (χ2n) is 5.29. The predicted octanol–water partition coefficient (Wildman–Crippen LogP) is 2.49. The molecular weight excluding hydrogens is 275 g/mol. The minimum Gasteiger partial charge on any atom is -0.310 e. The van der Waals surface area contributed by atoms with E-state index in [9.17, 15) is 13.2 Å². The van der Waals surface area contributed by atoms with E-state index in [1.54, 1.807) is 0 Å². The summed E-state index contributed by atoms with van der Waals surface area (Å²) in [5, 5.41) is 2.83. The number of thiazole rings is 1. The largest absolute Gasteiger partial charge is 0.443 e. The number of rotatable bonds is 2. The SMILES string of the molecule is FC(F)(F)c1ncc(CN2CCC3CCC(C2)N3)s1. The summed E-state index contributed by atoms with van der Waals surface area (Å²) in [5.41, 5.74) is 0. The first-order valence-electron chi connectivity index (χ1n) is 6.51. The lowest BCUT2D eigenvalue weighted by atomic mass is 10.1. The smallest absolute Gasteiger partial charge is 0.310 e. The van der Waals surface area contributed by atoms with Crippen molar-refractivity contribution in [2.75, 3.05) is 13.1 Å². The first-order valence-corrected chi connectivity index (χ1v) is 7.32. The van der Waals surface area contributed by atoms with Gasteiger partial charge < -0.3 is 5.32 Å². The van der Waals surface area contributed by atoms with Gasteiger partial charge in [-0.1, -0.05) is 0 Å². The molecule has 2 unspecified atom stereocenters. The molecule has 7 heteroatoms. The highest BCUT2D eigenvalue weighted by molar-refractivity contribution is 7.11. The molecule has 1 aromatic rings. The van der Waals surface area contributed by atoms with Gasteiger partial charge >= 0.3 is 6.18 Å². The van der Waals surface area contributed by atoms with Gasteiger partial charge in [0.05, 0.1) is 0 Å². The molecule has 2 aliphatic heterocycles. The summed E-state index contributed by atoms with van der Waals surface area (Å²) in [6.45, 7) is 2.46. The third-order valence-electron chi connectivity index (χ3n) is 3.78. The van der Waals surface area contributed by atoms with Crippen LogP contribution in [-0.4, -0.2) is 35.1 Å². The minimum atomic E-state index is -4.32. The van der Waals surface area contributed by atoms with Crippen LogP contribution in [0.15, 0.2) is 6.20 Å². The minimum absolute atomic E-state index is 0.502. The predicted molar refractivity (Wildman–Crippen MR) is 67.0 cm³/mol. The zero-order chi connectivity index (χ0) is 13.5. The van der Waals surface area contributed by atoms with E-state index in [0.29, 0.717) is 23.5 Å². The third-order valence-corrected chi connectivity index (χ3v) is 4.81. The van der Waals surface area contributed by atoms with Crippen LogP contribution in [0.3, 0.4) is 0 Å². The van der Waals surface area contributed by atoms with Crippen molar-refractivity contribution in [3.05, 3.63) is 16.1 Å². The van der Waals surface area contributed by atoms with Crippen LogP contribution in [0.2, 0.25) is 0 Å². The quantitative estimate of drug-likeness (QED) is 0.907. The Morgan fingerprint density at radius 2 is 2.11 bits per heavy atom. The van der Waals surface area contributed by atoms with Gasteiger partial charge in [-0.05, 0) is 19.3 Å². The second kappa shape index (κ2) is 5.03. The van der Waals surface area contributed by atoms with Crippen LogP contribution in [0.5, 0.6) is 0 Å². The molecule has 3 heterocycles. The van der Waals surface area contributed by atoms with Crippen molar-refractivity contribution in [1.82, 2.24) is 15.2 Å². The van der Waals surface area contributed by atoms with Crippen molar-refractivity contribution >= 4 is 11.3 Å². The molecule has 0 aromatic carbocycles. The fourth-order valence-corrected chi connectivity index (χ4v) is 3.71. The van der Waals surface area contributed by atoms with Gasteiger partial charge in [0.1, 0.15) is 0 Å². The van der Waals surface area contributed by atoms with Crippen LogP contribution in [0.1, 0.15) is 29.1 Å². The van der Waals surface area contributed by atoms with Crippen molar-refractivity contribution in [2.45, 2.75) is 44.1 Å². The lowest BCUT2D eigenvalue weighted by Gasteiger charge is -2.22. The van der Waals surface area contributed by atoms with Gasteiger partial charge in [0.25, 0.3) is 0 Å². The van der Waals surface area contributed by atoms with Crippen LogP contribution in [0.25, 0.3) is 0 Å². The molecule has 2 atom stereocenters. The summed E-state index contributed by atoms with van der Waals surface area (Å²) in [6, 6.07) is 1.10. The normalized spacial score (nSPS) is 28.6. The van der Waals surface area contributed by atoms with Crippen LogP contribution in [-0.2, 0) is 12.7 Å². The molecule has 106 valence electrons. The molecule has 2 bridgehead atoms. The number of hydrogen-bond acceptors (Lipinski definition) is 4. The summed E-state index contributed by atoms with van der Waals surface area (Å²) in [7, 11) is 0. The first kappa shape index (κ1) is 13.3. The molecule has 0 amide bonds. The molecule has 2 aliphatic rings. The van der Waals surface area contributed by atoms with Gasteiger partial charge in [0.15, 0.2) is 5.01 Å². The molecule has 0 radical (unpaired) electrons. The summed E-state index contributed by atoms with van der Waals surface area (Å²) in [5.74, 6) is 0. The van der Waals surface area contributed by atoms with Gasteiger partial charge in [0.2, 0.25) is 0 Å². The van der Waals surface area contributed by atoms with Crippen molar-refractivity contribution in [3.63, 3.8) is 0 Å². The molecule has 1 aromatic heterocycles. The third kappa shape index (κ3) is 3.09. The second-order valence-corrected chi connectivity index (χ2v) is 6.41. The van der Waals surface area contributed by atoms with E-state index in [0.717, 1.165) is 30.8 Å². The average molecular weight is 291 g/mol. The molecule has 0 aliphatic carbocycles. The number of fused-ring (bicyclic) bond motifs is 2. The molecule has 2 saturated heterocycles. The number of likely N-dealkylation sites (tertiary alicyclic amines) is 1. The molecule has 2 fully saturated rings. The summed E-state index contributed by atoms with van der Waals surface area (Å²) >= 11 is 0.762. The van der Waals surface area contributed by atoms with Crippen LogP contribution >= 0.6 is 11.3 Å². The highest BCUT2D eigenvalue weighted by atomic mass is 32.1. The molecular formula is C12H16F3N3S. The fourth-order valence-electron chi connectivity index (χ4n) is 2.89. The first-order chi connectivity index (χ1) is 9.00. The maximum atomic E-state index is 12.5. The van der Waals surface area contributed by atoms with Gasteiger partial charge in [-0.2, -0.15) is 13.2 Å². The Morgan fingerprint density at radius 3 is 2.84 bits per heavy atom. The van der Waals surface area contributed by atoms with Gasteiger partial charge in [-0.15, -0.1) is 11.3 Å². The molecule has 3 nitrogen and oxygen atoms in total. The monoisotopic (exact) mass is 291 g/mol. The number of aromatic nitrogens is 1.